The van der Waals surface area contributed by atoms with E-state index in [1.807, 2.05) is 18.2 Å². The van der Waals surface area contributed by atoms with Crippen LogP contribution in [0.2, 0.25) is 0 Å². The van der Waals surface area contributed by atoms with E-state index < -0.39 is 11.7 Å². The lowest BCUT2D eigenvalue weighted by molar-refractivity contribution is -0.137. The highest BCUT2D eigenvalue weighted by molar-refractivity contribution is 5.83. The number of hydrogen-bond donors (Lipinski definition) is 2. The van der Waals surface area contributed by atoms with Gasteiger partial charge in [-0.2, -0.15) is 18.3 Å². The zero-order valence-electron chi connectivity index (χ0n) is 14.7. The van der Waals surface area contributed by atoms with Crippen LogP contribution in [0.5, 0.6) is 5.75 Å². The number of aromatic amines is 1. The first-order valence-electron chi connectivity index (χ1n) is 8.37. The van der Waals surface area contributed by atoms with Gasteiger partial charge in [-0.1, -0.05) is 6.07 Å². The lowest BCUT2D eigenvalue weighted by Gasteiger charge is -2.14. The summed E-state index contributed by atoms with van der Waals surface area (Å²) < 4.78 is 44.3. The van der Waals surface area contributed by atoms with E-state index in [1.165, 1.54) is 13.2 Å². The van der Waals surface area contributed by atoms with Gasteiger partial charge in [0.1, 0.15) is 11.3 Å². The van der Waals surface area contributed by atoms with Gasteiger partial charge in [0.15, 0.2) is 0 Å². The normalized spacial score (nSPS) is 11.6. The quantitative estimate of drug-likeness (QED) is 0.495. The van der Waals surface area contributed by atoms with Crippen LogP contribution in [-0.2, 0) is 6.18 Å². The number of hydrogen-bond acceptors (Lipinski definition) is 4. The molecule has 0 amide bonds. The fourth-order valence-corrected chi connectivity index (χ4v) is 2.93. The van der Waals surface area contributed by atoms with Gasteiger partial charge < -0.3 is 15.0 Å². The molecule has 0 spiro atoms. The van der Waals surface area contributed by atoms with Crippen molar-refractivity contribution in [3.8, 4) is 17.0 Å². The van der Waals surface area contributed by atoms with Crippen molar-refractivity contribution < 1.29 is 17.9 Å². The van der Waals surface area contributed by atoms with Crippen molar-refractivity contribution in [2.75, 3.05) is 12.4 Å². The van der Waals surface area contributed by atoms with Crippen molar-refractivity contribution in [1.29, 1.82) is 0 Å². The Hall–Kier alpha value is -3.55. The second-order valence-corrected chi connectivity index (χ2v) is 6.13. The Bertz CT molecular complexity index is 1100. The number of anilines is 2. The minimum atomic E-state index is -4.41. The van der Waals surface area contributed by atoms with Gasteiger partial charge in [-0.05, 0) is 48.5 Å². The minimum absolute atomic E-state index is 0.313. The smallest absolute Gasteiger partial charge is 0.416 e. The summed E-state index contributed by atoms with van der Waals surface area (Å²) in [5.74, 6) is 0.511. The topological polar surface area (TPSA) is 62.8 Å². The molecule has 2 N–H and O–H groups in total. The summed E-state index contributed by atoms with van der Waals surface area (Å²) in [6, 6.07) is 14.1. The Morgan fingerprint density at radius 3 is 2.64 bits per heavy atom. The molecule has 8 heteroatoms. The van der Waals surface area contributed by atoms with Crippen molar-refractivity contribution >= 4 is 22.4 Å². The molecule has 0 aliphatic carbocycles. The van der Waals surface area contributed by atoms with Gasteiger partial charge >= 0.3 is 6.18 Å². The lowest BCUT2D eigenvalue weighted by atomic mass is 10.1. The van der Waals surface area contributed by atoms with E-state index in [4.69, 9.17) is 4.74 Å². The van der Waals surface area contributed by atoms with Gasteiger partial charge in [-0.3, -0.25) is 0 Å². The minimum Gasteiger partial charge on any atom is -0.495 e. The van der Waals surface area contributed by atoms with E-state index in [0.717, 1.165) is 34.4 Å². The molecule has 142 valence electrons. The number of rotatable bonds is 4. The second-order valence-electron chi connectivity index (χ2n) is 6.13. The number of nitrogens with one attached hydrogen (secondary N) is 2. The van der Waals surface area contributed by atoms with Crippen LogP contribution in [0.1, 0.15) is 5.56 Å². The molecular weight excluding hydrogens is 369 g/mol. The number of aromatic nitrogens is 3. The molecule has 28 heavy (non-hydrogen) atoms. The summed E-state index contributed by atoms with van der Waals surface area (Å²) in [5, 5.41) is 10.9. The van der Waals surface area contributed by atoms with Gasteiger partial charge in [0.05, 0.1) is 30.1 Å². The third-order valence-corrected chi connectivity index (χ3v) is 4.28. The first kappa shape index (κ1) is 17.8. The van der Waals surface area contributed by atoms with E-state index in [9.17, 15) is 13.2 Å². The van der Waals surface area contributed by atoms with Gasteiger partial charge in [0.25, 0.3) is 0 Å². The Labute approximate surface area is 158 Å². The first-order valence-corrected chi connectivity index (χ1v) is 8.37. The highest BCUT2D eigenvalue weighted by atomic mass is 19.4. The largest absolute Gasteiger partial charge is 0.495 e. The van der Waals surface area contributed by atoms with Gasteiger partial charge in [-0.25, -0.2) is 0 Å². The van der Waals surface area contributed by atoms with Crippen LogP contribution in [0.4, 0.5) is 24.5 Å². The number of halogens is 3. The predicted octanol–water partition coefficient (Wildman–Crippen LogP) is 5.40. The van der Waals surface area contributed by atoms with Crippen molar-refractivity contribution in [3.05, 3.63) is 66.4 Å². The Morgan fingerprint density at radius 1 is 1.04 bits per heavy atom. The van der Waals surface area contributed by atoms with Crippen molar-refractivity contribution in [2.45, 2.75) is 6.18 Å². The molecule has 5 nitrogen and oxygen atoms in total. The Morgan fingerprint density at radius 2 is 1.89 bits per heavy atom. The number of ether oxygens (including phenoxy) is 1. The number of alkyl halides is 3. The molecule has 2 aromatic carbocycles. The molecule has 0 atom stereocenters. The number of nitrogens with zero attached hydrogens (tertiary/aromatic N) is 2. The van der Waals surface area contributed by atoms with E-state index in [2.05, 4.69) is 20.5 Å². The molecule has 2 heterocycles. The summed E-state index contributed by atoms with van der Waals surface area (Å²) in [4.78, 5) is 3.25. The zero-order valence-corrected chi connectivity index (χ0v) is 14.7. The maximum absolute atomic E-state index is 13.0. The van der Waals surface area contributed by atoms with Gasteiger partial charge in [0.2, 0.25) is 0 Å². The number of H-pyrrole nitrogens is 1. The van der Waals surface area contributed by atoms with Gasteiger partial charge in [0, 0.05) is 16.9 Å². The fourth-order valence-electron chi connectivity index (χ4n) is 2.93. The summed E-state index contributed by atoms with van der Waals surface area (Å²) in [5.41, 5.74) is 3.34. The fraction of sp³-hybridized carbons (Fsp3) is 0.100. The van der Waals surface area contributed by atoms with E-state index >= 15 is 0 Å². The molecule has 0 aliphatic rings. The molecule has 0 bridgehead atoms. The molecular formula is C20H15F3N4O. The molecule has 4 aromatic rings. The molecule has 0 saturated carbocycles. The Balaban J connectivity index is 1.71. The Kier molecular flexibility index (Phi) is 4.38. The summed E-state index contributed by atoms with van der Waals surface area (Å²) in [7, 11) is 1.50. The summed E-state index contributed by atoms with van der Waals surface area (Å²) >= 11 is 0. The average Bonchev–Trinajstić information content (AvgIpc) is 3.12. The van der Waals surface area contributed by atoms with Crippen molar-refractivity contribution in [1.82, 2.24) is 15.2 Å². The third-order valence-electron chi connectivity index (χ3n) is 4.28. The maximum Gasteiger partial charge on any atom is 0.416 e. The molecule has 0 unspecified atom stereocenters. The number of benzene rings is 2. The van der Waals surface area contributed by atoms with E-state index in [-0.39, 0.29) is 0 Å². The highest BCUT2D eigenvalue weighted by Crippen LogP contribution is 2.35. The standard InChI is InChI=1S/C20H15F3N4O/c1-28-19-6-5-12(16-11-17-15(26-16)7-8-24-27-17)9-18(19)25-14-4-2-3-13(10-14)20(21,22)23/h2-11,25-26H,1H3. The van der Waals surface area contributed by atoms with Crippen LogP contribution in [0.25, 0.3) is 22.3 Å². The van der Waals surface area contributed by atoms with Gasteiger partial charge in [-0.15, -0.1) is 5.10 Å². The molecule has 0 aliphatic heterocycles. The number of fused-ring (bicyclic) bond motifs is 1. The second kappa shape index (κ2) is 6.88. The monoisotopic (exact) mass is 384 g/mol. The highest BCUT2D eigenvalue weighted by Gasteiger charge is 2.30. The SMILES string of the molecule is COc1ccc(-c2cc3nnccc3[nH]2)cc1Nc1cccc(C(F)(F)F)c1. The van der Waals surface area contributed by atoms with E-state index in [0.29, 0.717) is 17.1 Å². The van der Waals surface area contributed by atoms with Crippen LogP contribution in [0.3, 0.4) is 0 Å². The van der Waals surface area contributed by atoms with Crippen molar-refractivity contribution in [3.63, 3.8) is 0 Å². The van der Waals surface area contributed by atoms with Crippen LogP contribution in [0, 0.1) is 0 Å². The molecule has 2 aromatic heterocycles. The first-order chi connectivity index (χ1) is 13.4. The van der Waals surface area contributed by atoms with Crippen molar-refractivity contribution in [2.24, 2.45) is 0 Å². The maximum atomic E-state index is 13.0. The zero-order chi connectivity index (χ0) is 19.7. The van der Waals surface area contributed by atoms with Crippen LogP contribution in [0.15, 0.2) is 60.8 Å². The van der Waals surface area contributed by atoms with Crippen LogP contribution in [-0.4, -0.2) is 22.3 Å². The lowest BCUT2D eigenvalue weighted by Crippen LogP contribution is -2.05. The van der Waals surface area contributed by atoms with Crippen LogP contribution < -0.4 is 10.1 Å². The molecule has 0 saturated heterocycles. The molecule has 0 fully saturated rings. The summed E-state index contributed by atoms with van der Waals surface area (Å²) in [6.07, 6.45) is -2.81. The van der Waals surface area contributed by atoms with E-state index in [1.54, 1.807) is 24.4 Å². The molecule has 4 rings (SSSR count). The van der Waals surface area contributed by atoms with Crippen LogP contribution >= 0.6 is 0 Å². The number of methoxy groups -OCH3 is 1. The third kappa shape index (κ3) is 3.48. The molecule has 0 radical (unpaired) electrons. The predicted molar refractivity (Wildman–Crippen MR) is 101 cm³/mol. The summed E-state index contributed by atoms with van der Waals surface area (Å²) in [6.45, 7) is 0. The average molecular weight is 384 g/mol.